The molecule has 0 N–H and O–H groups in total. The second-order valence-electron chi connectivity index (χ2n) is 3.00. The fraction of sp³-hybridized carbons (Fsp3) is 0.273. The highest BCUT2D eigenvalue weighted by atomic mass is 19.1. The van der Waals surface area contributed by atoms with Crippen LogP contribution in [-0.2, 0) is 16.0 Å². The summed E-state index contributed by atoms with van der Waals surface area (Å²) in [4.78, 5) is 14.3. The third kappa shape index (κ3) is 3.06. The number of halogens is 1. The average Bonchev–Trinajstić information content (AvgIpc) is 2.27. The second-order valence-corrected chi connectivity index (χ2v) is 3.00. The normalized spacial score (nSPS) is 11.5. The predicted molar refractivity (Wildman–Crippen MR) is 52.5 cm³/mol. The molecule has 1 aromatic carbocycles. The maximum atomic E-state index is 12.6. The fourth-order valence-electron chi connectivity index (χ4n) is 1.16. The van der Waals surface area contributed by atoms with E-state index >= 15 is 0 Å². The molecule has 1 atom stereocenters. The van der Waals surface area contributed by atoms with Gasteiger partial charge < -0.3 is 9.58 Å². The molecule has 4 heteroatoms. The Morgan fingerprint density at radius 3 is 2.60 bits per heavy atom. The van der Waals surface area contributed by atoms with E-state index in [1.807, 2.05) is 0 Å². The van der Waals surface area contributed by atoms with E-state index < -0.39 is 12.0 Å². The molecule has 0 aliphatic heterocycles. The molecule has 0 bridgehead atoms. The van der Waals surface area contributed by atoms with Crippen LogP contribution in [-0.4, -0.2) is 19.1 Å². The lowest BCUT2D eigenvalue weighted by Crippen LogP contribution is -2.20. The number of methoxy groups -OCH3 is 1. The average molecular weight is 207 g/mol. The Hall–Kier alpha value is -1.89. The van der Waals surface area contributed by atoms with Crippen LogP contribution in [0, 0.1) is 12.4 Å². The van der Waals surface area contributed by atoms with Crippen LogP contribution >= 0.6 is 0 Å². The number of hydrogen-bond acceptors (Lipinski definition) is 2. The first kappa shape index (κ1) is 11.2. The monoisotopic (exact) mass is 207 g/mol. The van der Waals surface area contributed by atoms with Gasteiger partial charge in [-0.3, -0.25) is 0 Å². The van der Waals surface area contributed by atoms with Gasteiger partial charge in [-0.05, 0) is 17.7 Å². The van der Waals surface area contributed by atoms with E-state index in [-0.39, 0.29) is 12.2 Å². The van der Waals surface area contributed by atoms with Gasteiger partial charge in [-0.2, -0.15) is 0 Å². The van der Waals surface area contributed by atoms with Crippen LogP contribution in [0.1, 0.15) is 5.56 Å². The summed E-state index contributed by atoms with van der Waals surface area (Å²) < 4.78 is 17.1. The lowest BCUT2D eigenvalue weighted by molar-refractivity contribution is -0.141. The number of nitrogens with zero attached hydrogens (tertiary/aromatic N) is 1. The highest BCUT2D eigenvalue weighted by Crippen LogP contribution is 2.08. The van der Waals surface area contributed by atoms with Gasteiger partial charge in [0.2, 0.25) is 0 Å². The van der Waals surface area contributed by atoms with Crippen LogP contribution in [0.15, 0.2) is 24.3 Å². The molecule has 1 rings (SSSR count). The first-order valence-corrected chi connectivity index (χ1v) is 4.36. The second kappa shape index (κ2) is 5.11. The molecule has 0 unspecified atom stereocenters. The van der Waals surface area contributed by atoms with Gasteiger partial charge in [0.25, 0.3) is 0 Å². The van der Waals surface area contributed by atoms with E-state index in [9.17, 15) is 9.18 Å². The Morgan fingerprint density at radius 1 is 1.53 bits per heavy atom. The van der Waals surface area contributed by atoms with E-state index in [0.717, 1.165) is 5.56 Å². The van der Waals surface area contributed by atoms with Crippen molar-refractivity contribution in [2.45, 2.75) is 12.5 Å². The molecule has 1 aromatic rings. The summed E-state index contributed by atoms with van der Waals surface area (Å²) in [5, 5.41) is 0. The van der Waals surface area contributed by atoms with E-state index in [1.54, 1.807) is 12.1 Å². The van der Waals surface area contributed by atoms with Crippen molar-refractivity contribution in [2.75, 3.05) is 7.11 Å². The molecule has 0 radical (unpaired) electrons. The molecule has 0 aromatic heterocycles. The Kier molecular flexibility index (Phi) is 3.81. The van der Waals surface area contributed by atoms with Gasteiger partial charge in [0.05, 0.1) is 13.5 Å². The molecule has 0 fully saturated rings. The van der Waals surface area contributed by atoms with Gasteiger partial charge in [0, 0.05) is 0 Å². The van der Waals surface area contributed by atoms with Gasteiger partial charge >= 0.3 is 12.0 Å². The third-order valence-corrected chi connectivity index (χ3v) is 1.97. The molecule has 0 aliphatic carbocycles. The molecule has 0 spiro atoms. The van der Waals surface area contributed by atoms with E-state index in [1.165, 1.54) is 19.2 Å². The van der Waals surface area contributed by atoms with Crippen LogP contribution < -0.4 is 0 Å². The van der Waals surface area contributed by atoms with Crippen LogP contribution in [0.4, 0.5) is 4.39 Å². The Balaban J connectivity index is 2.72. The molecule has 78 valence electrons. The number of carbonyl (C=O) groups is 1. The third-order valence-electron chi connectivity index (χ3n) is 1.97. The molecular weight excluding hydrogens is 197 g/mol. The number of ether oxygens (including phenoxy) is 1. The quantitative estimate of drug-likeness (QED) is 0.559. The Bertz CT molecular complexity index is 381. The van der Waals surface area contributed by atoms with Crippen molar-refractivity contribution < 1.29 is 13.9 Å². The van der Waals surface area contributed by atoms with Gasteiger partial charge in [-0.15, -0.1) is 0 Å². The first-order chi connectivity index (χ1) is 7.17. The van der Waals surface area contributed by atoms with Crippen molar-refractivity contribution in [1.29, 1.82) is 0 Å². The zero-order valence-electron chi connectivity index (χ0n) is 8.24. The minimum Gasteiger partial charge on any atom is -0.463 e. The molecule has 0 aliphatic rings. The van der Waals surface area contributed by atoms with E-state index in [0.29, 0.717) is 0 Å². The van der Waals surface area contributed by atoms with Crippen molar-refractivity contribution in [3.8, 4) is 0 Å². The van der Waals surface area contributed by atoms with Crippen molar-refractivity contribution >= 4 is 5.97 Å². The molecule has 0 heterocycles. The molecule has 15 heavy (non-hydrogen) atoms. The number of benzene rings is 1. The number of rotatable bonds is 3. The van der Waals surface area contributed by atoms with Crippen molar-refractivity contribution in [2.24, 2.45) is 0 Å². The van der Waals surface area contributed by atoms with Crippen LogP contribution in [0.3, 0.4) is 0 Å². The van der Waals surface area contributed by atoms with Crippen LogP contribution in [0.25, 0.3) is 4.85 Å². The zero-order chi connectivity index (χ0) is 11.3. The van der Waals surface area contributed by atoms with Gasteiger partial charge in [0.1, 0.15) is 5.82 Å². The molecular formula is C11H10FNO2. The maximum Gasteiger partial charge on any atom is 0.390 e. The van der Waals surface area contributed by atoms with Crippen LogP contribution in [0.5, 0.6) is 0 Å². The summed E-state index contributed by atoms with van der Waals surface area (Å²) in [6.45, 7) is 6.84. The molecule has 3 nitrogen and oxygen atoms in total. The summed E-state index contributed by atoms with van der Waals surface area (Å²) in [6.07, 6.45) is 0.246. The zero-order valence-corrected chi connectivity index (χ0v) is 8.24. The van der Waals surface area contributed by atoms with Crippen molar-refractivity contribution in [1.82, 2.24) is 0 Å². The topological polar surface area (TPSA) is 30.7 Å². The highest BCUT2D eigenvalue weighted by molar-refractivity contribution is 5.77. The van der Waals surface area contributed by atoms with Crippen molar-refractivity contribution in [3.63, 3.8) is 0 Å². The van der Waals surface area contributed by atoms with Gasteiger partial charge in [-0.25, -0.2) is 15.8 Å². The number of esters is 1. The summed E-state index contributed by atoms with van der Waals surface area (Å²) in [5.41, 5.74) is 0.739. The highest BCUT2D eigenvalue weighted by Gasteiger charge is 2.24. The van der Waals surface area contributed by atoms with Gasteiger partial charge in [0.15, 0.2) is 0 Å². The molecule has 0 saturated carbocycles. The summed E-state index contributed by atoms with van der Waals surface area (Å²) in [7, 11) is 1.24. The summed E-state index contributed by atoms with van der Waals surface area (Å²) >= 11 is 0. The smallest absolute Gasteiger partial charge is 0.390 e. The van der Waals surface area contributed by atoms with Crippen molar-refractivity contribution in [3.05, 3.63) is 47.1 Å². The lowest BCUT2D eigenvalue weighted by atomic mass is 10.1. The summed E-state index contributed by atoms with van der Waals surface area (Å²) in [5.74, 6) is -0.898. The van der Waals surface area contributed by atoms with Gasteiger partial charge in [-0.1, -0.05) is 12.1 Å². The number of hydrogen-bond donors (Lipinski definition) is 0. The fourth-order valence-corrected chi connectivity index (χ4v) is 1.16. The summed E-state index contributed by atoms with van der Waals surface area (Å²) in [6, 6.07) is 4.86. The predicted octanol–water partition coefficient (Wildman–Crippen LogP) is 1.83. The molecule has 0 amide bonds. The van der Waals surface area contributed by atoms with E-state index in [4.69, 9.17) is 6.57 Å². The SMILES string of the molecule is [C-]#[N+][C@H](Cc1ccc(F)cc1)C(=O)OC. The minimum absolute atomic E-state index is 0.246. The Labute approximate surface area is 87.3 Å². The maximum absolute atomic E-state index is 12.6. The largest absolute Gasteiger partial charge is 0.463 e. The standard InChI is InChI=1S/C11H10FNO2/c1-13-10(11(14)15-2)7-8-3-5-9(12)6-4-8/h3-6,10H,7H2,2H3/t10-/m1/s1. The lowest BCUT2D eigenvalue weighted by Gasteiger charge is -2.03. The van der Waals surface area contributed by atoms with Crippen LogP contribution in [0.2, 0.25) is 0 Å². The Morgan fingerprint density at radius 2 is 2.13 bits per heavy atom. The first-order valence-electron chi connectivity index (χ1n) is 4.36. The van der Waals surface area contributed by atoms with E-state index in [2.05, 4.69) is 9.58 Å². The minimum atomic E-state index is -0.847. The molecule has 0 saturated heterocycles. The number of carbonyl (C=O) groups excluding carboxylic acids is 1.